The fourth-order valence-electron chi connectivity index (χ4n) is 2.67. The number of carbonyl (C=O) groups is 1. The van der Waals surface area contributed by atoms with Crippen molar-refractivity contribution in [1.29, 1.82) is 0 Å². The molecule has 2 aromatic rings. The molecule has 0 bridgehead atoms. The average Bonchev–Trinajstić information content (AvgIpc) is 2.63. The molecule has 2 rings (SSSR count). The van der Waals surface area contributed by atoms with Gasteiger partial charge in [-0.1, -0.05) is 53.4 Å². The van der Waals surface area contributed by atoms with Gasteiger partial charge in [-0.2, -0.15) is 0 Å². The van der Waals surface area contributed by atoms with E-state index in [1.807, 2.05) is 36.4 Å². The monoisotopic (exact) mass is 400 g/mol. The average molecular weight is 401 g/mol. The van der Waals surface area contributed by atoms with Crippen LogP contribution in [0.1, 0.15) is 44.4 Å². The summed E-state index contributed by atoms with van der Waals surface area (Å²) in [6.45, 7) is 7.91. The molecule has 1 aromatic carbocycles. The van der Waals surface area contributed by atoms with Crippen LogP contribution in [-0.2, 0) is 4.79 Å². The number of aromatic nitrogens is 1. The number of rotatable bonds is 7. The zero-order chi connectivity index (χ0) is 18.2. The first kappa shape index (κ1) is 19.1. The van der Waals surface area contributed by atoms with Crippen molar-refractivity contribution in [3.8, 4) is 0 Å². The van der Waals surface area contributed by atoms with Crippen LogP contribution in [0.5, 0.6) is 0 Å². The zero-order valence-corrected chi connectivity index (χ0v) is 16.2. The molecule has 0 spiro atoms. The Morgan fingerprint density at radius 2 is 2.04 bits per heavy atom. The SMILES string of the molecule is C=[N+]=C(c1ccccn1)c1cc(Br)ccc1NC(=O)CC(CC)CC. The summed E-state index contributed by atoms with van der Waals surface area (Å²) >= 11 is 3.49. The van der Waals surface area contributed by atoms with Crippen molar-refractivity contribution in [2.24, 2.45) is 5.92 Å². The number of benzene rings is 1. The maximum absolute atomic E-state index is 12.4. The minimum Gasteiger partial charge on any atom is -0.325 e. The molecule has 5 heteroatoms. The molecule has 1 aromatic heterocycles. The molecule has 0 aliphatic heterocycles. The normalized spacial score (nSPS) is 10.4. The van der Waals surface area contributed by atoms with Crippen LogP contribution in [0, 0.1) is 5.92 Å². The number of nitrogens with one attached hydrogen (secondary N) is 1. The van der Waals surface area contributed by atoms with Crippen molar-refractivity contribution in [3.63, 3.8) is 0 Å². The Kier molecular flexibility index (Phi) is 7.11. The Labute approximate surface area is 157 Å². The molecule has 0 aliphatic carbocycles. The van der Waals surface area contributed by atoms with E-state index in [1.165, 1.54) is 0 Å². The van der Waals surface area contributed by atoms with Crippen LogP contribution in [-0.4, -0.2) is 23.3 Å². The Morgan fingerprint density at radius 1 is 1.28 bits per heavy atom. The van der Waals surface area contributed by atoms with Gasteiger partial charge in [0.05, 0.1) is 11.3 Å². The Hall–Kier alpha value is -2.23. The molecule has 130 valence electrons. The van der Waals surface area contributed by atoms with Crippen LogP contribution < -0.4 is 9.98 Å². The van der Waals surface area contributed by atoms with Crippen LogP contribution in [0.3, 0.4) is 0 Å². The standard InChI is InChI=1S/C20H22BrN3O/c1-4-14(5-2)12-19(25)24-17-10-9-15(21)13-16(17)20(22-3)18-8-6-7-11-23-18/h6-11,13-14H,3-5,12H2,1-2H3/p+1. The molecule has 1 N–H and O–H groups in total. The molecule has 0 saturated heterocycles. The summed E-state index contributed by atoms with van der Waals surface area (Å²) < 4.78 is 5.06. The van der Waals surface area contributed by atoms with Crippen molar-refractivity contribution in [2.75, 3.05) is 5.32 Å². The maximum Gasteiger partial charge on any atom is 0.360 e. The molecule has 0 atom stereocenters. The third-order valence-electron chi connectivity index (χ3n) is 4.21. The number of amides is 1. The van der Waals surface area contributed by atoms with Gasteiger partial charge in [0.15, 0.2) is 5.69 Å². The minimum atomic E-state index is 0.0155. The highest BCUT2D eigenvalue weighted by molar-refractivity contribution is 9.10. The summed E-state index contributed by atoms with van der Waals surface area (Å²) in [4.78, 5) is 16.8. The zero-order valence-electron chi connectivity index (χ0n) is 14.6. The Balaban J connectivity index is 2.34. The highest BCUT2D eigenvalue weighted by atomic mass is 79.9. The van der Waals surface area contributed by atoms with Gasteiger partial charge in [-0.15, -0.1) is 0 Å². The second kappa shape index (κ2) is 9.30. The minimum absolute atomic E-state index is 0.0155. The first-order valence-electron chi connectivity index (χ1n) is 8.43. The molecule has 0 radical (unpaired) electrons. The molecular formula is C20H23BrN3O+. The number of anilines is 1. The van der Waals surface area contributed by atoms with Crippen molar-refractivity contribution >= 4 is 40.0 Å². The van der Waals surface area contributed by atoms with Crippen molar-refractivity contribution in [1.82, 2.24) is 9.65 Å². The third-order valence-corrected chi connectivity index (χ3v) is 4.70. The lowest BCUT2D eigenvalue weighted by Crippen LogP contribution is -2.19. The largest absolute Gasteiger partial charge is 0.360 e. The van der Waals surface area contributed by atoms with E-state index in [-0.39, 0.29) is 5.91 Å². The van der Waals surface area contributed by atoms with E-state index >= 15 is 0 Å². The van der Waals surface area contributed by atoms with Crippen LogP contribution in [0.25, 0.3) is 0 Å². The number of hydrogen-bond donors (Lipinski definition) is 1. The second-order valence-electron chi connectivity index (χ2n) is 5.85. The number of hydrogen-bond acceptors (Lipinski definition) is 2. The van der Waals surface area contributed by atoms with E-state index in [0.29, 0.717) is 29.4 Å². The molecule has 1 heterocycles. The smallest absolute Gasteiger partial charge is 0.325 e. The first-order valence-corrected chi connectivity index (χ1v) is 9.23. The molecule has 0 unspecified atom stereocenters. The van der Waals surface area contributed by atoms with E-state index < -0.39 is 0 Å². The first-order chi connectivity index (χ1) is 12.1. The van der Waals surface area contributed by atoms with Gasteiger partial charge in [0, 0.05) is 17.1 Å². The van der Waals surface area contributed by atoms with Gasteiger partial charge in [0.25, 0.3) is 6.72 Å². The highest BCUT2D eigenvalue weighted by Gasteiger charge is 2.23. The fourth-order valence-corrected chi connectivity index (χ4v) is 3.03. The number of nitrogens with zero attached hydrogens (tertiary/aromatic N) is 2. The van der Waals surface area contributed by atoms with E-state index in [0.717, 1.165) is 22.9 Å². The second-order valence-corrected chi connectivity index (χ2v) is 6.76. The molecule has 4 nitrogen and oxygen atoms in total. The van der Waals surface area contributed by atoms with Gasteiger partial charge >= 0.3 is 5.71 Å². The van der Waals surface area contributed by atoms with Crippen molar-refractivity contribution < 1.29 is 4.79 Å². The Bertz CT molecular complexity index is 779. The Morgan fingerprint density at radius 3 is 2.64 bits per heavy atom. The van der Waals surface area contributed by atoms with Crippen LogP contribution in [0.2, 0.25) is 0 Å². The van der Waals surface area contributed by atoms with E-state index in [1.54, 1.807) is 6.20 Å². The number of pyridine rings is 1. The number of halogens is 1. The summed E-state index contributed by atoms with van der Waals surface area (Å²) in [6, 6.07) is 11.3. The van der Waals surface area contributed by atoms with Crippen LogP contribution in [0.15, 0.2) is 47.1 Å². The van der Waals surface area contributed by atoms with E-state index in [4.69, 9.17) is 0 Å². The van der Waals surface area contributed by atoms with Gasteiger partial charge in [-0.3, -0.25) is 4.79 Å². The van der Waals surface area contributed by atoms with Gasteiger partial charge in [0.2, 0.25) is 5.91 Å². The van der Waals surface area contributed by atoms with E-state index in [2.05, 4.69) is 51.5 Å². The fraction of sp³-hybridized carbons (Fsp3) is 0.300. The topological polar surface area (TPSA) is 56.1 Å². The van der Waals surface area contributed by atoms with Gasteiger partial charge < -0.3 is 5.32 Å². The lowest BCUT2D eigenvalue weighted by Gasteiger charge is -2.13. The molecule has 0 saturated carbocycles. The summed E-state index contributed by atoms with van der Waals surface area (Å²) in [7, 11) is 0. The molecule has 0 fully saturated rings. The number of carbonyl (C=O) groups excluding carboxylic acids is 1. The molecular weight excluding hydrogens is 378 g/mol. The van der Waals surface area contributed by atoms with Crippen LogP contribution in [0.4, 0.5) is 5.69 Å². The lowest BCUT2D eigenvalue weighted by molar-refractivity contribution is -0.117. The van der Waals surface area contributed by atoms with Crippen LogP contribution >= 0.6 is 15.9 Å². The summed E-state index contributed by atoms with van der Waals surface area (Å²) in [5.74, 6) is 0.414. The van der Waals surface area contributed by atoms with E-state index in [9.17, 15) is 4.79 Å². The molecule has 0 aliphatic rings. The molecule has 25 heavy (non-hydrogen) atoms. The molecule has 1 amide bonds. The summed E-state index contributed by atoms with van der Waals surface area (Å²) in [6.07, 6.45) is 4.22. The predicted molar refractivity (Wildman–Crippen MR) is 108 cm³/mol. The van der Waals surface area contributed by atoms with Crippen molar-refractivity contribution in [2.45, 2.75) is 33.1 Å². The third kappa shape index (κ3) is 5.12. The summed E-state index contributed by atoms with van der Waals surface area (Å²) in [5, 5.41) is 3.03. The van der Waals surface area contributed by atoms with Crippen molar-refractivity contribution in [3.05, 3.63) is 58.3 Å². The lowest BCUT2D eigenvalue weighted by atomic mass is 9.98. The quantitative estimate of drug-likeness (QED) is 0.558. The van der Waals surface area contributed by atoms with Gasteiger partial charge in [-0.05, 0) is 36.2 Å². The maximum atomic E-state index is 12.4. The van der Waals surface area contributed by atoms with Gasteiger partial charge in [0.1, 0.15) is 0 Å². The highest BCUT2D eigenvalue weighted by Crippen LogP contribution is 2.24. The summed E-state index contributed by atoms with van der Waals surface area (Å²) in [5.41, 5.74) is 2.86. The predicted octanol–water partition coefficient (Wildman–Crippen LogP) is 4.21. The van der Waals surface area contributed by atoms with Gasteiger partial charge in [-0.25, -0.2) is 4.98 Å².